The van der Waals surface area contributed by atoms with Crippen LogP contribution in [0.15, 0.2) is 30.3 Å². The molecule has 0 saturated carbocycles. The van der Waals surface area contributed by atoms with Gasteiger partial charge in [0.25, 0.3) is 0 Å². The summed E-state index contributed by atoms with van der Waals surface area (Å²) in [5.41, 5.74) is 1.21. The number of carbonyl (C=O) groups is 1. The van der Waals surface area contributed by atoms with Crippen LogP contribution >= 0.6 is 0 Å². The van der Waals surface area contributed by atoms with E-state index in [2.05, 4.69) is 0 Å². The van der Waals surface area contributed by atoms with Crippen molar-refractivity contribution >= 4 is 5.97 Å². The number of rotatable bonds is 4. The van der Waals surface area contributed by atoms with Crippen molar-refractivity contribution in [2.75, 3.05) is 0 Å². The molecule has 0 saturated heterocycles. The summed E-state index contributed by atoms with van der Waals surface area (Å²) in [7, 11) is 0. The molecule has 2 nitrogen and oxygen atoms in total. The van der Waals surface area contributed by atoms with Gasteiger partial charge in [-0.2, -0.15) is 0 Å². The molecular formula is C10H12O2Zr. The maximum Gasteiger partial charge on any atom is 0.303 e. The summed E-state index contributed by atoms with van der Waals surface area (Å²) in [4.78, 5) is 10.2. The van der Waals surface area contributed by atoms with Crippen LogP contribution in [0.3, 0.4) is 0 Å². The third-order valence-electron chi connectivity index (χ3n) is 1.70. The number of benzene rings is 1. The molecule has 0 aromatic heterocycles. The maximum absolute atomic E-state index is 10.2. The molecule has 0 aliphatic rings. The molecular weight excluding hydrogens is 243 g/mol. The Kier molecular flexibility index (Phi) is 6.79. The largest absolute Gasteiger partial charge is 0.481 e. The van der Waals surface area contributed by atoms with Gasteiger partial charge in [-0.25, -0.2) is 0 Å². The first kappa shape index (κ1) is 12.6. The summed E-state index contributed by atoms with van der Waals surface area (Å²) < 4.78 is 0. The number of aryl methyl sites for hydroxylation is 1. The maximum atomic E-state index is 10.2. The van der Waals surface area contributed by atoms with Gasteiger partial charge in [-0.15, -0.1) is 0 Å². The van der Waals surface area contributed by atoms with Gasteiger partial charge in [0, 0.05) is 32.6 Å². The van der Waals surface area contributed by atoms with Gasteiger partial charge in [0.2, 0.25) is 0 Å². The molecule has 3 heteroatoms. The number of hydrogen-bond donors (Lipinski definition) is 1. The Balaban J connectivity index is 0.00000144. The van der Waals surface area contributed by atoms with Crippen LogP contribution in [0.25, 0.3) is 0 Å². The molecule has 0 radical (unpaired) electrons. The number of carboxylic acid groups (broad SMARTS) is 1. The molecule has 1 aromatic carbocycles. The molecule has 13 heavy (non-hydrogen) atoms. The molecule has 0 aliphatic heterocycles. The van der Waals surface area contributed by atoms with Gasteiger partial charge in [0.05, 0.1) is 0 Å². The first-order chi connectivity index (χ1) is 5.79. The van der Waals surface area contributed by atoms with Gasteiger partial charge < -0.3 is 5.11 Å². The van der Waals surface area contributed by atoms with Gasteiger partial charge in [-0.1, -0.05) is 30.3 Å². The normalized spacial score (nSPS) is 8.92. The molecule has 0 bridgehead atoms. The summed E-state index contributed by atoms with van der Waals surface area (Å²) >= 11 is 0. The quantitative estimate of drug-likeness (QED) is 0.894. The predicted octanol–water partition coefficient (Wildman–Crippen LogP) is 2.09. The molecule has 0 spiro atoms. The van der Waals surface area contributed by atoms with Crippen LogP contribution < -0.4 is 0 Å². The third kappa shape index (κ3) is 5.76. The summed E-state index contributed by atoms with van der Waals surface area (Å²) in [6.07, 6.45) is 1.83. The van der Waals surface area contributed by atoms with Crippen LogP contribution in [0.2, 0.25) is 0 Å². The predicted molar refractivity (Wildman–Crippen MR) is 47.0 cm³/mol. The van der Waals surface area contributed by atoms with Gasteiger partial charge in [0.1, 0.15) is 0 Å². The Morgan fingerprint density at radius 3 is 2.38 bits per heavy atom. The fraction of sp³-hybridized carbons (Fsp3) is 0.300. The van der Waals surface area contributed by atoms with E-state index in [1.54, 1.807) is 0 Å². The van der Waals surface area contributed by atoms with E-state index >= 15 is 0 Å². The summed E-state index contributed by atoms with van der Waals surface area (Å²) in [5.74, 6) is -0.717. The fourth-order valence-electron chi connectivity index (χ4n) is 1.09. The van der Waals surface area contributed by atoms with E-state index in [1.807, 2.05) is 30.3 Å². The van der Waals surface area contributed by atoms with E-state index in [0.717, 1.165) is 12.8 Å². The van der Waals surface area contributed by atoms with Gasteiger partial charge in [0.15, 0.2) is 0 Å². The smallest absolute Gasteiger partial charge is 0.303 e. The average molecular weight is 255 g/mol. The zero-order valence-corrected chi connectivity index (χ0v) is 9.82. The topological polar surface area (TPSA) is 37.3 Å². The monoisotopic (exact) mass is 254 g/mol. The molecule has 68 valence electrons. The molecule has 0 heterocycles. The third-order valence-corrected chi connectivity index (χ3v) is 1.70. The Labute approximate surface area is 97.1 Å². The van der Waals surface area contributed by atoms with E-state index < -0.39 is 5.97 Å². The van der Waals surface area contributed by atoms with Crippen molar-refractivity contribution < 1.29 is 36.1 Å². The van der Waals surface area contributed by atoms with E-state index in [0.29, 0.717) is 0 Å². The van der Waals surface area contributed by atoms with Gasteiger partial charge in [-0.05, 0) is 18.4 Å². The zero-order chi connectivity index (χ0) is 8.81. The summed E-state index contributed by atoms with van der Waals surface area (Å²) in [6.45, 7) is 0. The molecule has 1 N–H and O–H groups in total. The summed E-state index contributed by atoms with van der Waals surface area (Å²) in [6, 6.07) is 9.93. The minimum Gasteiger partial charge on any atom is -0.481 e. The van der Waals surface area contributed by atoms with Crippen LogP contribution in [-0.4, -0.2) is 11.1 Å². The Bertz CT molecular complexity index is 246. The fourth-order valence-corrected chi connectivity index (χ4v) is 1.09. The average Bonchev–Trinajstić information content (AvgIpc) is 2.05. The van der Waals surface area contributed by atoms with E-state index in [9.17, 15) is 4.79 Å². The van der Waals surface area contributed by atoms with Crippen LogP contribution in [-0.2, 0) is 37.4 Å². The Morgan fingerprint density at radius 2 is 1.85 bits per heavy atom. The van der Waals surface area contributed by atoms with E-state index in [1.165, 1.54) is 5.56 Å². The number of carboxylic acids is 1. The first-order valence-corrected chi connectivity index (χ1v) is 4.05. The standard InChI is InChI=1S/C10H12O2.Zr/c11-10(12)8-4-7-9-5-2-1-3-6-9;/h1-3,5-6H,4,7-8H2,(H,11,12);. The number of aliphatic carboxylic acids is 1. The zero-order valence-electron chi connectivity index (χ0n) is 7.36. The second-order valence-electron chi connectivity index (χ2n) is 2.73. The van der Waals surface area contributed by atoms with Crippen molar-refractivity contribution in [2.24, 2.45) is 0 Å². The van der Waals surface area contributed by atoms with Gasteiger partial charge >= 0.3 is 5.97 Å². The van der Waals surface area contributed by atoms with Crippen molar-refractivity contribution in [2.45, 2.75) is 19.3 Å². The first-order valence-electron chi connectivity index (χ1n) is 4.05. The summed E-state index contributed by atoms with van der Waals surface area (Å²) in [5, 5.41) is 8.39. The van der Waals surface area contributed by atoms with E-state index in [-0.39, 0.29) is 32.6 Å². The minimum atomic E-state index is -0.717. The van der Waals surface area contributed by atoms with Crippen molar-refractivity contribution in [3.63, 3.8) is 0 Å². The van der Waals surface area contributed by atoms with Crippen LogP contribution in [0.4, 0.5) is 0 Å². The Morgan fingerprint density at radius 1 is 1.23 bits per heavy atom. The molecule has 0 atom stereocenters. The Hall–Kier alpha value is -0.427. The van der Waals surface area contributed by atoms with Gasteiger partial charge in [-0.3, -0.25) is 4.79 Å². The van der Waals surface area contributed by atoms with Crippen molar-refractivity contribution in [1.82, 2.24) is 0 Å². The molecule has 0 amide bonds. The van der Waals surface area contributed by atoms with Crippen LogP contribution in [0.5, 0.6) is 0 Å². The second kappa shape index (κ2) is 7.02. The SMILES string of the molecule is O=C(O)CCCc1ccccc1.[Zr]. The van der Waals surface area contributed by atoms with Crippen molar-refractivity contribution in [3.05, 3.63) is 35.9 Å². The second-order valence-corrected chi connectivity index (χ2v) is 2.73. The number of hydrogen-bond acceptors (Lipinski definition) is 1. The molecule has 0 unspecified atom stereocenters. The molecule has 1 rings (SSSR count). The van der Waals surface area contributed by atoms with E-state index in [4.69, 9.17) is 5.11 Å². The molecule has 1 aromatic rings. The van der Waals surface area contributed by atoms with Crippen molar-refractivity contribution in [3.8, 4) is 0 Å². The minimum absolute atomic E-state index is 0. The molecule has 0 aliphatic carbocycles. The van der Waals surface area contributed by atoms with Crippen molar-refractivity contribution in [1.29, 1.82) is 0 Å². The van der Waals surface area contributed by atoms with Crippen LogP contribution in [0, 0.1) is 0 Å². The molecule has 0 fully saturated rings. The van der Waals surface area contributed by atoms with Crippen LogP contribution in [0.1, 0.15) is 18.4 Å².